The molecule has 0 saturated heterocycles. The van der Waals surface area contributed by atoms with Gasteiger partial charge in [-0.05, 0) is 15.4 Å². The number of rotatable bonds is 3. The first-order valence-corrected chi connectivity index (χ1v) is 9.41. The Labute approximate surface area is 120 Å². The van der Waals surface area contributed by atoms with Crippen molar-refractivity contribution < 1.29 is 4.12 Å². The molecule has 0 saturated carbocycles. The maximum absolute atomic E-state index is 6.35. The summed E-state index contributed by atoms with van der Waals surface area (Å²) in [6.45, 7) is 6.91. The van der Waals surface area contributed by atoms with Gasteiger partial charge in [-0.15, -0.1) is 0 Å². The van der Waals surface area contributed by atoms with Crippen LogP contribution < -0.4 is 10.4 Å². The van der Waals surface area contributed by atoms with Gasteiger partial charge in [-0.1, -0.05) is 81.4 Å². The van der Waals surface area contributed by atoms with E-state index in [0.717, 1.165) is 10.5 Å². The van der Waals surface area contributed by atoms with Gasteiger partial charge in [-0.2, -0.15) is 0 Å². The molecule has 0 N–H and O–H groups in total. The smallest absolute Gasteiger partial charge is 0.250 e. The van der Waals surface area contributed by atoms with Crippen molar-refractivity contribution >= 4 is 29.2 Å². The van der Waals surface area contributed by atoms with Crippen LogP contribution in [0.3, 0.4) is 0 Å². The van der Waals surface area contributed by atoms with Gasteiger partial charge >= 0.3 is 0 Å². The van der Waals surface area contributed by atoms with Gasteiger partial charge < -0.3 is 4.12 Å². The van der Waals surface area contributed by atoms with Crippen molar-refractivity contribution in [2.45, 2.75) is 25.8 Å². The third-order valence-electron chi connectivity index (χ3n) is 3.72. The fourth-order valence-electron chi connectivity index (χ4n) is 2.92. The van der Waals surface area contributed by atoms with Crippen molar-refractivity contribution in [1.29, 1.82) is 0 Å². The highest BCUT2D eigenvalue weighted by atomic mass is 28.4. The van der Waals surface area contributed by atoms with E-state index in [2.05, 4.69) is 81.4 Å². The molecule has 0 fully saturated rings. The van der Waals surface area contributed by atoms with Gasteiger partial charge in [0.1, 0.15) is 10.5 Å². The third-order valence-corrected chi connectivity index (χ3v) is 10.6. The predicted octanol–water partition coefficient (Wildman–Crippen LogP) is 1.84. The molecule has 0 aliphatic rings. The summed E-state index contributed by atoms with van der Waals surface area (Å²) in [5, 5.41) is 2.85. The zero-order valence-electron chi connectivity index (χ0n) is 12.2. The Kier molecular flexibility index (Phi) is 4.08. The van der Waals surface area contributed by atoms with Gasteiger partial charge in [0, 0.05) is 0 Å². The fraction of sp³-hybridized carbons (Fsp3) is 0.250. The highest BCUT2D eigenvalue weighted by Crippen LogP contribution is 2.35. The van der Waals surface area contributed by atoms with Crippen molar-refractivity contribution in [2.24, 2.45) is 0 Å². The molecule has 0 atom stereocenters. The zero-order valence-corrected chi connectivity index (χ0v) is 15.2. The van der Waals surface area contributed by atoms with Crippen LogP contribution >= 0.6 is 0 Å². The van der Waals surface area contributed by atoms with E-state index in [1.165, 1.54) is 10.4 Å². The Hall–Kier alpha value is -1.17. The molecular formula is C16H22OSi2. The SMILES string of the molecule is CC(C)(C)[Si](O[SiH3])(c1ccccc1)c1ccccc1. The predicted molar refractivity (Wildman–Crippen MR) is 88.6 cm³/mol. The molecule has 0 spiro atoms. The molecule has 0 aliphatic carbocycles. The van der Waals surface area contributed by atoms with E-state index >= 15 is 0 Å². The largest absolute Gasteiger partial charge is 0.457 e. The minimum Gasteiger partial charge on any atom is -0.457 e. The second kappa shape index (κ2) is 5.45. The first-order chi connectivity index (χ1) is 9.02. The maximum atomic E-state index is 6.35. The lowest BCUT2D eigenvalue weighted by molar-refractivity contribution is 0.548. The maximum Gasteiger partial charge on any atom is 0.250 e. The highest BCUT2D eigenvalue weighted by Gasteiger charge is 2.48. The average molecular weight is 287 g/mol. The van der Waals surface area contributed by atoms with Crippen molar-refractivity contribution in [3.63, 3.8) is 0 Å². The first kappa shape index (κ1) is 14.2. The lowest BCUT2D eigenvalue weighted by atomic mass is 10.2. The molecule has 2 aromatic rings. The van der Waals surface area contributed by atoms with Crippen LogP contribution in [0, 0.1) is 0 Å². The molecule has 0 bridgehead atoms. The quantitative estimate of drug-likeness (QED) is 0.783. The Bertz CT molecular complexity index is 478. The van der Waals surface area contributed by atoms with E-state index in [9.17, 15) is 0 Å². The van der Waals surface area contributed by atoms with E-state index in [-0.39, 0.29) is 5.04 Å². The Morgan fingerprint density at radius 3 is 1.42 bits per heavy atom. The molecule has 0 amide bonds. The highest BCUT2D eigenvalue weighted by molar-refractivity contribution is 7.00. The molecule has 0 radical (unpaired) electrons. The van der Waals surface area contributed by atoms with Gasteiger partial charge in [-0.3, -0.25) is 0 Å². The lowest BCUT2D eigenvalue weighted by Gasteiger charge is -2.42. The molecule has 2 aromatic carbocycles. The van der Waals surface area contributed by atoms with Crippen LogP contribution in [-0.2, 0) is 4.12 Å². The number of hydrogen-bond donors (Lipinski definition) is 0. The first-order valence-electron chi connectivity index (χ1n) is 6.68. The normalized spacial score (nSPS) is 12.6. The van der Waals surface area contributed by atoms with E-state index < -0.39 is 8.32 Å². The van der Waals surface area contributed by atoms with Crippen molar-refractivity contribution in [2.75, 3.05) is 0 Å². The molecule has 0 heterocycles. The summed E-state index contributed by atoms with van der Waals surface area (Å²) in [4.78, 5) is 0. The van der Waals surface area contributed by atoms with Crippen molar-refractivity contribution in [1.82, 2.24) is 0 Å². The van der Waals surface area contributed by atoms with Crippen LogP contribution in [0.1, 0.15) is 20.8 Å². The van der Waals surface area contributed by atoms with E-state index in [1.807, 2.05) is 0 Å². The molecule has 2 rings (SSSR count). The summed E-state index contributed by atoms with van der Waals surface area (Å²) in [7, 11) is -1.40. The zero-order chi connectivity index (χ0) is 13.9. The standard InChI is InChI=1S/C16H22OSi2/c1-16(2,3)19(17-18,14-10-6-4-7-11-14)15-12-8-5-9-13-15/h4-13H,1-3,18H3. The summed E-state index contributed by atoms with van der Waals surface area (Å²) >= 11 is 0. The van der Waals surface area contributed by atoms with Crippen LogP contribution in [0.2, 0.25) is 5.04 Å². The summed E-state index contributed by atoms with van der Waals surface area (Å²) < 4.78 is 6.35. The summed E-state index contributed by atoms with van der Waals surface area (Å²) in [6.07, 6.45) is 0. The molecule has 0 aliphatic heterocycles. The summed E-state index contributed by atoms with van der Waals surface area (Å²) in [6, 6.07) is 21.5. The van der Waals surface area contributed by atoms with Gasteiger partial charge in [-0.25, -0.2) is 0 Å². The van der Waals surface area contributed by atoms with Crippen molar-refractivity contribution in [3.05, 3.63) is 60.7 Å². The second-order valence-corrected chi connectivity index (χ2v) is 11.5. The Balaban J connectivity index is 2.70. The molecular weight excluding hydrogens is 264 g/mol. The Morgan fingerprint density at radius 2 is 1.16 bits per heavy atom. The van der Waals surface area contributed by atoms with Crippen LogP contribution in [0.25, 0.3) is 0 Å². The molecule has 0 aromatic heterocycles. The van der Waals surface area contributed by atoms with Gasteiger partial charge in [0.05, 0.1) is 0 Å². The van der Waals surface area contributed by atoms with Gasteiger partial charge in [0.25, 0.3) is 0 Å². The topological polar surface area (TPSA) is 9.23 Å². The number of benzene rings is 2. The van der Waals surface area contributed by atoms with Crippen LogP contribution in [-0.4, -0.2) is 18.8 Å². The Morgan fingerprint density at radius 1 is 0.789 bits per heavy atom. The fourth-order valence-corrected chi connectivity index (χ4v) is 10.6. The van der Waals surface area contributed by atoms with E-state index in [4.69, 9.17) is 4.12 Å². The van der Waals surface area contributed by atoms with Crippen LogP contribution in [0.15, 0.2) is 60.7 Å². The number of hydrogen-bond acceptors (Lipinski definition) is 1. The van der Waals surface area contributed by atoms with Gasteiger partial charge in [0.15, 0.2) is 0 Å². The molecule has 100 valence electrons. The minimum atomic E-state index is -2.16. The molecule has 19 heavy (non-hydrogen) atoms. The third kappa shape index (κ3) is 2.46. The van der Waals surface area contributed by atoms with Crippen LogP contribution in [0.4, 0.5) is 0 Å². The van der Waals surface area contributed by atoms with Crippen LogP contribution in [0.5, 0.6) is 0 Å². The summed E-state index contributed by atoms with van der Waals surface area (Å²) in [5.41, 5.74) is 0. The summed E-state index contributed by atoms with van der Waals surface area (Å²) in [5.74, 6) is 0. The molecule has 1 nitrogen and oxygen atoms in total. The molecule has 3 heteroatoms. The minimum absolute atomic E-state index is 0.122. The molecule has 0 unspecified atom stereocenters. The van der Waals surface area contributed by atoms with E-state index in [0.29, 0.717) is 0 Å². The average Bonchev–Trinajstić information content (AvgIpc) is 2.41. The van der Waals surface area contributed by atoms with E-state index in [1.54, 1.807) is 0 Å². The lowest BCUT2D eigenvalue weighted by Crippen LogP contribution is -2.66. The van der Waals surface area contributed by atoms with Crippen molar-refractivity contribution in [3.8, 4) is 0 Å². The second-order valence-electron chi connectivity index (χ2n) is 5.87. The monoisotopic (exact) mass is 286 g/mol. The van der Waals surface area contributed by atoms with Gasteiger partial charge in [0.2, 0.25) is 8.32 Å².